The van der Waals surface area contributed by atoms with E-state index < -0.39 is 0 Å². The SMILES string of the molecule is CCOC(=O)c1ccc(NCc2cc(Br)c(Br)o2)c(Br)c1. The number of ether oxygens (including phenoxy) is 1. The number of carbonyl (C=O) groups is 1. The number of hydrogen-bond donors (Lipinski definition) is 1. The van der Waals surface area contributed by atoms with Crippen molar-refractivity contribution in [3.8, 4) is 0 Å². The van der Waals surface area contributed by atoms with Crippen LogP contribution in [-0.4, -0.2) is 12.6 Å². The fourth-order valence-corrected chi connectivity index (χ4v) is 2.84. The highest BCUT2D eigenvalue weighted by molar-refractivity contribution is 9.13. The third-order valence-corrected chi connectivity index (χ3v) is 5.00. The zero-order valence-corrected chi connectivity index (χ0v) is 15.8. The first-order valence-corrected chi connectivity index (χ1v) is 8.53. The normalized spacial score (nSPS) is 10.5. The second kappa shape index (κ2) is 7.47. The summed E-state index contributed by atoms with van der Waals surface area (Å²) in [6, 6.07) is 7.16. The molecule has 0 aliphatic heterocycles. The second-order valence-electron chi connectivity index (χ2n) is 4.10. The van der Waals surface area contributed by atoms with Gasteiger partial charge in [0.05, 0.1) is 23.2 Å². The first-order chi connectivity index (χ1) is 10.0. The molecule has 21 heavy (non-hydrogen) atoms. The molecule has 0 aliphatic carbocycles. The topological polar surface area (TPSA) is 51.5 Å². The lowest BCUT2D eigenvalue weighted by Crippen LogP contribution is -2.05. The van der Waals surface area contributed by atoms with Gasteiger partial charge < -0.3 is 14.5 Å². The summed E-state index contributed by atoms with van der Waals surface area (Å²) in [4.78, 5) is 11.6. The zero-order valence-electron chi connectivity index (χ0n) is 11.1. The van der Waals surface area contributed by atoms with Crippen molar-refractivity contribution in [3.63, 3.8) is 0 Å². The molecule has 0 saturated carbocycles. The Morgan fingerprint density at radius 2 is 2.00 bits per heavy atom. The summed E-state index contributed by atoms with van der Waals surface area (Å²) < 4.78 is 12.8. The number of carbonyl (C=O) groups excluding carboxylic acids is 1. The average molecular weight is 482 g/mol. The van der Waals surface area contributed by atoms with Crippen LogP contribution in [0.3, 0.4) is 0 Å². The minimum Gasteiger partial charge on any atom is -0.462 e. The van der Waals surface area contributed by atoms with E-state index in [2.05, 4.69) is 53.1 Å². The zero-order chi connectivity index (χ0) is 15.4. The summed E-state index contributed by atoms with van der Waals surface area (Å²) in [5.74, 6) is 0.457. The molecule has 2 aromatic rings. The van der Waals surface area contributed by atoms with Crippen LogP contribution in [0.5, 0.6) is 0 Å². The standard InChI is InChI=1S/C14H12Br3NO3/c1-2-20-14(19)8-3-4-12(10(15)5-8)18-7-9-6-11(16)13(17)21-9/h3-6,18H,2,7H2,1H3. The molecule has 4 nitrogen and oxygen atoms in total. The monoisotopic (exact) mass is 479 g/mol. The summed E-state index contributed by atoms with van der Waals surface area (Å²) in [5, 5.41) is 3.23. The maximum Gasteiger partial charge on any atom is 0.338 e. The van der Waals surface area contributed by atoms with E-state index in [0.29, 0.717) is 23.4 Å². The number of furan rings is 1. The minimum absolute atomic E-state index is 0.330. The van der Waals surface area contributed by atoms with Crippen molar-refractivity contribution in [2.24, 2.45) is 0 Å². The van der Waals surface area contributed by atoms with E-state index in [1.54, 1.807) is 19.1 Å². The summed E-state index contributed by atoms with van der Waals surface area (Å²) in [6.07, 6.45) is 0. The number of esters is 1. The van der Waals surface area contributed by atoms with Crippen molar-refractivity contribution in [1.82, 2.24) is 0 Å². The van der Waals surface area contributed by atoms with Crippen molar-refractivity contribution in [2.45, 2.75) is 13.5 Å². The van der Waals surface area contributed by atoms with Gasteiger partial charge in [-0.3, -0.25) is 0 Å². The molecular weight excluding hydrogens is 470 g/mol. The van der Waals surface area contributed by atoms with Gasteiger partial charge >= 0.3 is 5.97 Å². The number of nitrogens with one attached hydrogen (secondary N) is 1. The van der Waals surface area contributed by atoms with Crippen LogP contribution in [0.25, 0.3) is 0 Å². The van der Waals surface area contributed by atoms with E-state index in [4.69, 9.17) is 9.15 Å². The summed E-state index contributed by atoms with van der Waals surface area (Å²) in [5.41, 5.74) is 1.38. The Kier molecular flexibility index (Phi) is 5.89. The molecule has 0 unspecified atom stereocenters. The van der Waals surface area contributed by atoms with Gasteiger partial charge in [-0.2, -0.15) is 0 Å². The van der Waals surface area contributed by atoms with Gasteiger partial charge in [-0.15, -0.1) is 0 Å². The summed E-state index contributed by atoms with van der Waals surface area (Å²) >= 11 is 10.1. The van der Waals surface area contributed by atoms with Gasteiger partial charge in [0, 0.05) is 10.2 Å². The first kappa shape index (κ1) is 16.6. The maximum absolute atomic E-state index is 11.6. The van der Waals surface area contributed by atoms with Gasteiger partial charge in [0.15, 0.2) is 4.67 Å². The van der Waals surface area contributed by atoms with E-state index >= 15 is 0 Å². The first-order valence-electron chi connectivity index (χ1n) is 6.15. The van der Waals surface area contributed by atoms with Crippen LogP contribution in [-0.2, 0) is 11.3 Å². The number of rotatable bonds is 5. The Hall–Kier alpha value is -0.790. The highest BCUT2D eigenvalue weighted by atomic mass is 79.9. The van der Waals surface area contributed by atoms with Crippen molar-refractivity contribution >= 4 is 59.4 Å². The fourth-order valence-electron chi connectivity index (χ4n) is 1.66. The lowest BCUT2D eigenvalue weighted by Gasteiger charge is -2.09. The number of halogens is 3. The molecule has 1 heterocycles. The molecule has 0 fully saturated rings. The largest absolute Gasteiger partial charge is 0.462 e. The summed E-state index contributed by atoms with van der Waals surface area (Å²) in [7, 11) is 0. The predicted octanol–water partition coefficient (Wildman–Crippen LogP) is 5.36. The molecule has 0 atom stereocenters. The van der Waals surface area contributed by atoms with Gasteiger partial charge in [0.25, 0.3) is 0 Å². The molecule has 0 bridgehead atoms. The van der Waals surface area contributed by atoms with Crippen LogP contribution in [0, 0.1) is 0 Å². The molecule has 0 aliphatic rings. The number of benzene rings is 1. The van der Waals surface area contributed by atoms with Crippen molar-refractivity contribution in [1.29, 1.82) is 0 Å². The van der Waals surface area contributed by atoms with Crippen LogP contribution in [0.15, 0.2) is 42.3 Å². The predicted molar refractivity (Wildman–Crippen MR) is 91.5 cm³/mol. The molecule has 0 radical (unpaired) electrons. The molecule has 0 spiro atoms. The van der Waals surface area contributed by atoms with E-state index in [0.717, 1.165) is 20.4 Å². The lowest BCUT2D eigenvalue weighted by atomic mass is 10.2. The van der Waals surface area contributed by atoms with Gasteiger partial charge in [-0.25, -0.2) is 4.79 Å². The highest BCUT2D eigenvalue weighted by Crippen LogP contribution is 2.28. The van der Waals surface area contributed by atoms with Gasteiger partial charge in [0.2, 0.25) is 0 Å². The minimum atomic E-state index is -0.330. The van der Waals surface area contributed by atoms with Gasteiger partial charge in [-0.1, -0.05) is 0 Å². The Balaban J connectivity index is 2.05. The van der Waals surface area contributed by atoms with E-state index in [1.807, 2.05) is 12.1 Å². The van der Waals surface area contributed by atoms with Crippen LogP contribution in [0.1, 0.15) is 23.0 Å². The third kappa shape index (κ3) is 4.34. The molecule has 1 N–H and O–H groups in total. The van der Waals surface area contributed by atoms with E-state index in [-0.39, 0.29) is 5.97 Å². The number of anilines is 1. The van der Waals surface area contributed by atoms with Crippen LogP contribution in [0.2, 0.25) is 0 Å². The Morgan fingerprint density at radius 3 is 2.57 bits per heavy atom. The number of hydrogen-bond acceptors (Lipinski definition) is 4. The quantitative estimate of drug-likeness (QED) is 0.584. The highest BCUT2D eigenvalue weighted by Gasteiger charge is 2.10. The molecule has 1 aromatic carbocycles. The second-order valence-corrected chi connectivity index (χ2v) is 6.53. The van der Waals surface area contributed by atoms with Crippen LogP contribution < -0.4 is 5.32 Å². The molecular formula is C14H12Br3NO3. The molecule has 1 aromatic heterocycles. The van der Waals surface area contributed by atoms with Gasteiger partial charge in [-0.05, 0) is 79.0 Å². The average Bonchev–Trinajstić information content (AvgIpc) is 2.76. The van der Waals surface area contributed by atoms with Crippen molar-refractivity contribution in [3.05, 3.63) is 49.2 Å². The van der Waals surface area contributed by atoms with Crippen molar-refractivity contribution in [2.75, 3.05) is 11.9 Å². The van der Waals surface area contributed by atoms with E-state index in [1.165, 1.54) is 0 Å². The maximum atomic E-state index is 11.6. The molecule has 0 amide bonds. The lowest BCUT2D eigenvalue weighted by molar-refractivity contribution is 0.0526. The van der Waals surface area contributed by atoms with Crippen LogP contribution in [0.4, 0.5) is 5.69 Å². The van der Waals surface area contributed by atoms with Crippen LogP contribution >= 0.6 is 47.8 Å². The molecule has 112 valence electrons. The smallest absolute Gasteiger partial charge is 0.338 e. The van der Waals surface area contributed by atoms with Crippen molar-refractivity contribution < 1.29 is 13.9 Å². The fraction of sp³-hybridized carbons (Fsp3) is 0.214. The van der Waals surface area contributed by atoms with E-state index in [9.17, 15) is 4.79 Å². The summed E-state index contributed by atoms with van der Waals surface area (Å²) in [6.45, 7) is 2.67. The molecule has 2 rings (SSSR count). The molecule has 7 heteroatoms. The van der Waals surface area contributed by atoms with Gasteiger partial charge in [0.1, 0.15) is 5.76 Å². The third-order valence-electron chi connectivity index (χ3n) is 2.63. The Morgan fingerprint density at radius 1 is 1.24 bits per heavy atom. The Labute approximate surface area is 147 Å². The Bertz CT molecular complexity index is 635. The molecule has 0 saturated heterocycles.